The predicted molar refractivity (Wildman–Crippen MR) is 70.3 cm³/mol. The first-order chi connectivity index (χ1) is 9.10. The van der Waals surface area contributed by atoms with Gasteiger partial charge in [-0.1, -0.05) is 11.6 Å². The van der Waals surface area contributed by atoms with Crippen LogP contribution in [-0.2, 0) is 13.2 Å². The zero-order valence-corrected chi connectivity index (χ0v) is 11.0. The van der Waals surface area contributed by atoms with E-state index < -0.39 is 4.92 Å². The second-order valence-corrected chi connectivity index (χ2v) is 4.29. The first-order valence-corrected chi connectivity index (χ1v) is 6.06. The van der Waals surface area contributed by atoms with Crippen molar-refractivity contribution in [2.75, 3.05) is 0 Å². The Morgan fingerprint density at radius 3 is 2.95 bits per heavy atom. The summed E-state index contributed by atoms with van der Waals surface area (Å²) in [7, 11) is 0. The molecule has 2 rings (SSSR count). The lowest BCUT2D eigenvalue weighted by molar-refractivity contribution is -0.385. The highest BCUT2D eigenvalue weighted by Crippen LogP contribution is 2.24. The SMILES string of the molecule is CCn1cc(OCc2ccc(Cl)cc2[N+](=O)[O-])cn1. The monoisotopic (exact) mass is 281 g/mol. The summed E-state index contributed by atoms with van der Waals surface area (Å²) in [5.41, 5.74) is 0.425. The largest absolute Gasteiger partial charge is 0.485 e. The maximum Gasteiger partial charge on any atom is 0.277 e. The lowest BCUT2D eigenvalue weighted by Crippen LogP contribution is -2.00. The number of rotatable bonds is 5. The molecular formula is C12H12ClN3O3. The first-order valence-electron chi connectivity index (χ1n) is 5.68. The summed E-state index contributed by atoms with van der Waals surface area (Å²) in [5.74, 6) is 0.575. The van der Waals surface area contributed by atoms with E-state index in [-0.39, 0.29) is 12.3 Å². The van der Waals surface area contributed by atoms with Gasteiger partial charge in [0, 0.05) is 17.6 Å². The molecule has 7 heteroatoms. The van der Waals surface area contributed by atoms with E-state index in [1.165, 1.54) is 6.07 Å². The van der Waals surface area contributed by atoms with Crippen LogP contribution in [0.2, 0.25) is 5.02 Å². The molecule has 0 spiro atoms. The molecule has 0 aliphatic rings. The Kier molecular flexibility index (Phi) is 4.01. The molecule has 0 saturated carbocycles. The van der Waals surface area contributed by atoms with Crippen LogP contribution in [0.4, 0.5) is 5.69 Å². The third-order valence-corrected chi connectivity index (χ3v) is 2.81. The minimum absolute atomic E-state index is 0.0459. The minimum Gasteiger partial charge on any atom is -0.485 e. The number of halogens is 1. The number of aryl methyl sites for hydroxylation is 1. The molecule has 0 fully saturated rings. The number of aromatic nitrogens is 2. The number of nitro groups is 1. The molecule has 0 bridgehead atoms. The summed E-state index contributed by atoms with van der Waals surface area (Å²) in [6, 6.07) is 4.50. The van der Waals surface area contributed by atoms with Crippen molar-refractivity contribution in [1.82, 2.24) is 9.78 Å². The van der Waals surface area contributed by atoms with E-state index in [2.05, 4.69) is 5.10 Å². The molecular weight excluding hydrogens is 270 g/mol. The van der Waals surface area contributed by atoms with Gasteiger partial charge in [-0.15, -0.1) is 0 Å². The fourth-order valence-corrected chi connectivity index (χ4v) is 1.75. The van der Waals surface area contributed by atoms with Crippen molar-refractivity contribution in [1.29, 1.82) is 0 Å². The topological polar surface area (TPSA) is 70.2 Å². The number of ether oxygens (including phenoxy) is 1. The first kappa shape index (κ1) is 13.4. The van der Waals surface area contributed by atoms with Gasteiger partial charge >= 0.3 is 0 Å². The summed E-state index contributed by atoms with van der Waals surface area (Å²) < 4.78 is 7.19. The van der Waals surface area contributed by atoms with E-state index in [1.807, 2.05) is 6.92 Å². The Hall–Kier alpha value is -2.08. The predicted octanol–water partition coefficient (Wildman–Crippen LogP) is 3.04. The Labute approximate surface area is 114 Å². The van der Waals surface area contributed by atoms with Crippen LogP contribution in [0.1, 0.15) is 12.5 Å². The highest BCUT2D eigenvalue weighted by Gasteiger charge is 2.14. The van der Waals surface area contributed by atoms with Gasteiger partial charge in [0.25, 0.3) is 5.69 Å². The summed E-state index contributed by atoms with van der Waals surface area (Å²) in [4.78, 5) is 10.4. The molecule has 0 aliphatic carbocycles. The molecule has 0 unspecified atom stereocenters. The molecule has 0 N–H and O–H groups in total. The van der Waals surface area contributed by atoms with Gasteiger partial charge in [-0.05, 0) is 19.1 Å². The molecule has 100 valence electrons. The zero-order chi connectivity index (χ0) is 13.8. The van der Waals surface area contributed by atoms with Crippen LogP contribution in [0.5, 0.6) is 5.75 Å². The van der Waals surface area contributed by atoms with E-state index in [0.717, 1.165) is 6.54 Å². The summed E-state index contributed by atoms with van der Waals surface area (Å²) in [5, 5.41) is 15.3. The number of nitrogens with zero attached hydrogens (tertiary/aromatic N) is 3. The Morgan fingerprint density at radius 1 is 1.53 bits per heavy atom. The molecule has 0 amide bonds. The number of nitro benzene ring substituents is 1. The van der Waals surface area contributed by atoms with E-state index in [1.54, 1.807) is 29.2 Å². The lowest BCUT2D eigenvalue weighted by atomic mass is 10.2. The summed E-state index contributed by atoms with van der Waals surface area (Å²) in [6.45, 7) is 2.80. The molecule has 0 atom stereocenters. The number of hydrogen-bond acceptors (Lipinski definition) is 4. The van der Waals surface area contributed by atoms with Crippen molar-refractivity contribution >= 4 is 17.3 Å². The molecule has 0 aliphatic heterocycles. The van der Waals surface area contributed by atoms with Crippen LogP contribution in [0.15, 0.2) is 30.6 Å². The van der Waals surface area contributed by atoms with Crippen molar-refractivity contribution in [2.24, 2.45) is 0 Å². The summed E-state index contributed by atoms with van der Waals surface area (Å²) in [6.07, 6.45) is 3.31. The third-order valence-electron chi connectivity index (χ3n) is 2.57. The van der Waals surface area contributed by atoms with E-state index in [0.29, 0.717) is 16.3 Å². The van der Waals surface area contributed by atoms with Gasteiger partial charge in [-0.25, -0.2) is 0 Å². The van der Waals surface area contributed by atoms with Crippen molar-refractivity contribution in [3.8, 4) is 5.75 Å². The normalized spacial score (nSPS) is 10.4. The van der Waals surface area contributed by atoms with Crippen molar-refractivity contribution in [3.05, 3.63) is 51.3 Å². The van der Waals surface area contributed by atoms with Gasteiger partial charge in [-0.2, -0.15) is 5.10 Å². The molecule has 0 radical (unpaired) electrons. The van der Waals surface area contributed by atoms with Crippen LogP contribution in [0.3, 0.4) is 0 Å². The van der Waals surface area contributed by atoms with Crippen LogP contribution in [0.25, 0.3) is 0 Å². The maximum atomic E-state index is 10.9. The Morgan fingerprint density at radius 2 is 2.32 bits per heavy atom. The maximum absolute atomic E-state index is 10.9. The minimum atomic E-state index is -0.472. The summed E-state index contributed by atoms with van der Waals surface area (Å²) >= 11 is 5.74. The second kappa shape index (κ2) is 5.71. The van der Waals surface area contributed by atoms with E-state index in [4.69, 9.17) is 16.3 Å². The molecule has 1 aromatic heterocycles. The molecule has 1 heterocycles. The van der Waals surface area contributed by atoms with Gasteiger partial charge in [0.1, 0.15) is 6.61 Å². The van der Waals surface area contributed by atoms with Crippen LogP contribution in [0, 0.1) is 10.1 Å². The van der Waals surface area contributed by atoms with Gasteiger partial charge in [-0.3, -0.25) is 14.8 Å². The van der Waals surface area contributed by atoms with Crippen molar-refractivity contribution < 1.29 is 9.66 Å². The molecule has 19 heavy (non-hydrogen) atoms. The lowest BCUT2D eigenvalue weighted by Gasteiger charge is -2.04. The Bertz CT molecular complexity index is 598. The average molecular weight is 282 g/mol. The van der Waals surface area contributed by atoms with Crippen molar-refractivity contribution in [3.63, 3.8) is 0 Å². The second-order valence-electron chi connectivity index (χ2n) is 3.85. The molecule has 2 aromatic rings. The highest BCUT2D eigenvalue weighted by atomic mass is 35.5. The molecule has 1 aromatic carbocycles. The van der Waals surface area contributed by atoms with Gasteiger partial charge in [0.2, 0.25) is 0 Å². The number of benzene rings is 1. The van der Waals surface area contributed by atoms with E-state index in [9.17, 15) is 10.1 Å². The zero-order valence-electron chi connectivity index (χ0n) is 10.2. The van der Waals surface area contributed by atoms with Crippen LogP contribution < -0.4 is 4.74 Å². The Balaban J connectivity index is 2.12. The third kappa shape index (κ3) is 3.23. The van der Waals surface area contributed by atoms with Crippen LogP contribution in [-0.4, -0.2) is 14.7 Å². The average Bonchev–Trinajstić information content (AvgIpc) is 2.85. The molecule has 6 nitrogen and oxygen atoms in total. The van der Waals surface area contributed by atoms with Gasteiger partial charge < -0.3 is 4.74 Å². The smallest absolute Gasteiger partial charge is 0.277 e. The fourth-order valence-electron chi connectivity index (χ4n) is 1.58. The molecule has 0 saturated heterocycles. The van der Waals surface area contributed by atoms with Gasteiger partial charge in [0.15, 0.2) is 5.75 Å². The fraction of sp³-hybridized carbons (Fsp3) is 0.250. The van der Waals surface area contributed by atoms with E-state index >= 15 is 0 Å². The van der Waals surface area contributed by atoms with Gasteiger partial charge in [0.05, 0.1) is 22.9 Å². The highest BCUT2D eigenvalue weighted by molar-refractivity contribution is 6.30. The van der Waals surface area contributed by atoms with Crippen molar-refractivity contribution in [2.45, 2.75) is 20.1 Å². The van der Waals surface area contributed by atoms with Crippen LogP contribution >= 0.6 is 11.6 Å². The number of hydrogen-bond donors (Lipinski definition) is 0. The standard InChI is InChI=1S/C12H12ClN3O3/c1-2-15-7-11(6-14-15)19-8-9-3-4-10(13)5-12(9)16(17)18/h3-7H,2,8H2,1H3. The quantitative estimate of drug-likeness (QED) is 0.624.